The molecule has 1 aromatic carbocycles. The van der Waals surface area contributed by atoms with Crippen LogP contribution in [-0.2, 0) is 6.18 Å². The summed E-state index contributed by atoms with van der Waals surface area (Å²) in [6, 6.07) is 3.83. The summed E-state index contributed by atoms with van der Waals surface area (Å²) < 4.78 is 36.9. The molecule has 6 heteroatoms. The summed E-state index contributed by atoms with van der Waals surface area (Å²) in [6.07, 6.45) is -1.55. The number of amides is 1. The van der Waals surface area contributed by atoms with E-state index in [1.807, 2.05) is 0 Å². The van der Waals surface area contributed by atoms with Gasteiger partial charge in [0.1, 0.15) is 5.76 Å². The predicted molar refractivity (Wildman–Crippen MR) is 57.7 cm³/mol. The van der Waals surface area contributed by atoms with Crippen LogP contribution in [0.5, 0.6) is 0 Å². The van der Waals surface area contributed by atoms with Gasteiger partial charge in [-0.05, 0) is 36.4 Å². The van der Waals surface area contributed by atoms with Gasteiger partial charge in [0, 0.05) is 5.56 Å². The molecule has 0 aliphatic heterocycles. The third kappa shape index (κ3) is 2.37. The zero-order valence-electron chi connectivity index (χ0n) is 8.95. The molecule has 94 valence electrons. The first-order valence-electron chi connectivity index (χ1n) is 4.98. The standard InChI is InChI=1S/C12H8F3NO2/c13-12(14,15)8-3-1-7(2-4-8)11(18)16-9-5-6-10(9)17/h1-6,17H,(H,16,18). The lowest BCUT2D eigenvalue weighted by atomic mass is 10.1. The Hall–Kier alpha value is -2.24. The number of allylic oxidation sites excluding steroid dienone is 2. The quantitative estimate of drug-likeness (QED) is 0.853. The van der Waals surface area contributed by atoms with Crippen LogP contribution in [0.4, 0.5) is 13.2 Å². The predicted octanol–water partition coefficient (Wildman–Crippen LogP) is 2.77. The molecule has 1 amide bonds. The van der Waals surface area contributed by atoms with E-state index in [9.17, 15) is 18.0 Å². The van der Waals surface area contributed by atoms with Crippen molar-refractivity contribution >= 4 is 5.91 Å². The SMILES string of the molecule is O=C(NC1=CC=C1O)c1ccc(C(F)(F)F)cc1. The highest BCUT2D eigenvalue weighted by atomic mass is 19.4. The number of alkyl halides is 3. The lowest BCUT2D eigenvalue weighted by Crippen LogP contribution is -2.26. The van der Waals surface area contributed by atoms with Gasteiger partial charge in [-0.25, -0.2) is 0 Å². The highest BCUT2D eigenvalue weighted by Gasteiger charge is 2.30. The van der Waals surface area contributed by atoms with Crippen molar-refractivity contribution < 1.29 is 23.1 Å². The number of nitrogens with one attached hydrogen (secondary N) is 1. The largest absolute Gasteiger partial charge is 0.506 e. The molecular formula is C12H8F3NO2. The number of hydrogen-bond donors (Lipinski definition) is 2. The van der Waals surface area contributed by atoms with Crippen LogP contribution in [0.2, 0.25) is 0 Å². The van der Waals surface area contributed by atoms with Gasteiger partial charge in [-0.1, -0.05) is 0 Å². The van der Waals surface area contributed by atoms with Crippen molar-refractivity contribution in [2.45, 2.75) is 6.18 Å². The van der Waals surface area contributed by atoms with Gasteiger partial charge < -0.3 is 10.4 Å². The maximum absolute atomic E-state index is 12.3. The van der Waals surface area contributed by atoms with Crippen LogP contribution in [0.15, 0.2) is 47.9 Å². The van der Waals surface area contributed by atoms with Crippen LogP contribution < -0.4 is 5.32 Å². The molecule has 0 radical (unpaired) electrons. The van der Waals surface area contributed by atoms with E-state index >= 15 is 0 Å². The van der Waals surface area contributed by atoms with Gasteiger partial charge in [-0.3, -0.25) is 4.79 Å². The van der Waals surface area contributed by atoms with E-state index in [0.29, 0.717) is 0 Å². The first kappa shape index (κ1) is 12.2. The van der Waals surface area contributed by atoms with Gasteiger partial charge in [-0.2, -0.15) is 13.2 Å². The molecule has 1 aliphatic carbocycles. The van der Waals surface area contributed by atoms with Gasteiger partial charge in [0.05, 0.1) is 11.3 Å². The second-order valence-corrected chi connectivity index (χ2v) is 3.66. The summed E-state index contributed by atoms with van der Waals surface area (Å²) in [4.78, 5) is 11.6. The minimum atomic E-state index is -4.42. The smallest absolute Gasteiger partial charge is 0.416 e. The summed E-state index contributed by atoms with van der Waals surface area (Å²) in [7, 11) is 0. The summed E-state index contributed by atoms with van der Waals surface area (Å²) in [5, 5.41) is 11.4. The number of hydrogen-bond acceptors (Lipinski definition) is 2. The zero-order chi connectivity index (χ0) is 13.3. The van der Waals surface area contributed by atoms with Crippen LogP contribution in [-0.4, -0.2) is 11.0 Å². The van der Waals surface area contributed by atoms with Gasteiger partial charge >= 0.3 is 6.18 Å². The van der Waals surface area contributed by atoms with Crippen LogP contribution in [0.25, 0.3) is 0 Å². The highest BCUT2D eigenvalue weighted by molar-refractivity contribution is 5.96. The van der Waals surface area contributed by atoms with Crippen molar-refractivity contribution in [3.63, 3.8) is 0 Å². The zero-order valence-corrected chi connectivity index (χ0v) is 8.95. The molecule has 0 unspecified atom stereocenters. The fourth-order valence-corrected chi connectivity index (χ4v) is 1.35. The summed E-state index contributed by atoms with van der Waals surface area (Å²) in [5.74, 6) is -0.634. The van der Waals surface area contributed by atoms with E-state index in [4.69, 9.17) is 5.11 Å². The van der Waals surface area contributed by atoms with E-state index in [1.54, 1.807) is 0 Å². The van der Waals surface area contributed by atoms with Crippen molar-refractivity contribution in [3.8, 4) is 0 Å². The summed E-state index contributed by atoms with van der Waals surface area (Å²) in [5.41, 5.74) is -0.479. The molecule has 0 saturated carbocycles. The Morgan fingerprint density at radius 1 is 1.11 bits per heavy atom. The normalized spacial score (nSPS) is 14.4. The van der Waals surface area contributed by atoms with Gasteiger partial charge in [-0.15, -0.1) is 0 Å². The Morgan fingerprint density at radius 2 is 1.72 bits per heavy atom. The lowest BCUT2D eigenvalue weighted by molar-refractivity contribution is -0.137. The molecule has 2 rings (SSSR count). The Bertz CT molecular complexity index is 541. The van der Waals surface area contributed by atoms with Gasteiger partial charge in [0.15, 0.2) is 0 Å². The maximum atomic E-state index is 12.3. The van der Waals surface area contributed by atoms with Crippen LogP contribution in [0, 0.1) is 0 Å². The fraction of sp³-hybridized carbons (Fsp3) is 0.0833. The van der Waals surface area contributed by atoms with Crippen molar-refractivity contribution in [1.82, 2.24) is 5.32 Å². The molecule has 0 fully saturated rings. The average Bonchev–Trinajstić information content (AvgIpc) is 2.33. The lowest BCUT2D eigenvalue weighted by Gasteiger charge is -2.13. The van der Waals surface area contributed by atoms with E-state index in [1.165, 1.54) is 12.2 Å². The molecule has 0 atom stereocenters. The maximum Gasteiger partial charge on any atom is 0.416 e. The molecule has 1 aliphatic rings. The second kappa shape index (κ2) is 4.21. The fourth-order valence-electron chi connectivity index (χ4n) is 1.35. The van der Waals surface area contributed by atoms with Crippen molar-refractivity contribution in [3.05, 3.63) is 59.0 Å². The Labute approximate surface area is 100 Å². The first-order valence-corrected chi connectivity index (χ1v) is 4.98. The topological polar surface area (TPSA) is 49.3 Å². The monoisotopic (exact) mass is 255 g/mol. The average molecular weight is 255 g/mol. The number of aliphatic hydroxyl groups excluding tert-OH is 1. The van der Waals surface area contributed by atoms with Crippen molar-refractivity contribution in [1.29, 1.82) is 0 Å². The third-order valence-corrected chi connectivity index (χ3v) is 2.41. The molecule has 0 saturated heterocycles. The van der Waals surface area contributed by atoms with E-state index in [0.717, 1.165) is 24.3 Å². The van der Waals surface area contributed by atoms with Crippen LogP contribution in [0.3, 0.4) is 0 Å². The molecule has 0 heterocycles. The summed E-state index contributed by atoms with van der Waals surface area (Å²) >= 11 is 0. The van der Waals surface area contributed by atoms with Crippen LogP contribution >= 0.6 is 0 Å². The minimum absolute atomic E-state index is 0.0599. The number of benzene rings is 1. The Morgan fingerprint density at radius 3 is 2.11 bits per heavy atom. The molecule has 3 nitrogen and oxygen atoms in total. The number of carbonyl (C=O) groups excluding carboxylic acids is 1. The van der Waals surface area contributed by atoms with Gasteiger partial charge in [0.25, 0.3) is 5.91 Å². The van der Waals surface area contributed by atoms with Crippen molar-refractivity contribution in [2.24, 2.45) is 0 Å². The highest BCUT2D eigenvalue weighted by Crippen LogP contribution is 2.29. The Kier molecular flexibility index (Phi) is 2.86. The molecule has 18 heavy (non-hydrogen) atoms. The number of carbonyl (C=O) groups is 1. The molecular weight excluding hydrogens is 247 g/mol. The molecule has 1 aromatic rings. The molecule has 2 N–H and O–H groups in total. The second-order valence-electron chi connectivity index (χ2n) is 3.66. The molecule has 0 aromatic heterocycles. The van der Waals surface area contributed by atoms with E-state index in [-0.39, 0.29) is 17.0 Å². The van der Waals surface area contributed by atoms with E-state index < -0.39 is 17.6 Å². The third-order valence-electron chi connectivity index (χ3n) is 2.41. The van der Waals surface area contributed by atoms with Crippen molar-refractivity contribution in [2.75, 3.05) is 0 Å². The molecule has 0 bridgehead atoms. The minimum Gasteiger partial charge on any atom is -0.506 e. The van der Waals surface area contributed by atoms with E-state index in [2.05, 4.69) is 5.32 Å². The summed E-state index contributed by atoms with van der Waals surface area (Å²) in [6.45, 7) is 0. The van der Waals surface area contributed by atoms with Crippen LogP contribution in [0.1, 0.15) is 15.9 Å². The number of halogens is 3. The first-order chi connectivity index (χ1) is 8.38. The number of rotatable bonds is 2. The molecule has 0 spiro atoms. The number of aliphatic hydroxyl groups is 1. The Balaban J connectivity index is 2.08. The van der Waals surface area contributed by atoms with Gasteiger partial charge in [0.2, 0.25) is 0 Å².